The molecule has 0 radical (unpaired) electrons. The van der Waals surface area contributed by atoms with Crippen LogP contribution in [0.4, 0.5) is 0 Å². The van der Waals surface area contributed by atoms with E-state index < -0.39 is 12.0 Å². The molecule has 0 spiro atoms. The lowest BCUT2D eigenvalue weighted by molar-refractivity contribution is -0.138. The molecule has 5 N–H and O–H groups in total. The van der Waals surface area contributed by atoms with Gasteiger partial charge in [-0.3, -0.25) is 4.79 Å². The normalized spacial score (nSPS) is 26.8. The second kappa shape index (κ2) is 5.46. The van der Waals surface area contributed by atoms with Crippen molar-refractivity contribution in [2.24, 2.45) is 28.5 Å². The number of rotatable bonds is 4. The van der Waals surface area contributed by atoms with Gasteiger partial charge in [-0.05, 0) is 23.8 Å². The highest BCUT2D eigenvalue weighted by Gasteiger charge is 2.22. The van der Waals surface area contributed by atoms with Crippen LogP contribution in [-0.2, 0) is 4.79 Å². The molecule has 0 fully saturated rings. The van der Waals surface area contributed by atoms with Gasteiger partial charge in [0.05, 0.1) is 6.21 Å². The Bertz CT molecular complexity index is 347. The van der Waals surface area contributed by atoms with Gasteiger partial charge in [0.2, 0.25) is 0 Å². The highest BCUT2D eigenvalue weighted by Crippen LogP contribution is 2.25. The predicted molar refractivity (Wildman–Crippen MR) is 62.8 cm³/mol. The van der Waals surface area contributed by atoms with Crippen LogP contribution in [0.25, 0.3) is 0 Å². The van der Waals surface area contributed by atoms with Crippen LogP contribution in [0.15, 0.2) is 28.9 Å². The molecule has 0 saturated heterocycles. The average Bonchev–Trinajstić information content (AvgIpc) is 2.22. The summed E-state index contributed by atoms with van der Waals surface area (Å²) in [4.78, 5) is 10.6. The lowest BCUT2D eigenvalue weighted by atomic mass is 9.83. The molecule has 0 bridgehead atoms. The van der Waals surface area contributed by atoms with Crippen molar-refractivity contribution in [3.63, 3.8) is 0 Å². The molecule has 0 aromatic heterocycles. The van der Waals surface area contributed by atoms with Gasteiger partial charge in [-0.1, -0.05) is 25.2 Å². The van der Waals surface area contributed by atoms with Crippen molar-refractivity contribution < 1.29 is 9.90 Å². The van der Waals surface area contributed by atoms with Gasteiger partial charge in [-0.15, -0.1) is 0 Å². The van der Waals surface area contributed by atoms with E-state index in [9.17, 15) is 4.79 Å². The largest absolute Gasteiger partial charge is 0.480 e. The van der Waals surface area contributed by atoms with Crippen molar-refractivity contribution in [2.75, 3.05) is 0 Å². The molecule has 0 aromatic carbocycles. The van der Waals surface area contributed by atoms with E-state index in [1.165, 1.54) is 0 Å². The standard InChI is InChI=1S/C11H17N3O2/c1-7-4-8(6-14-13)2-3-9(7)5-10(12)11(15)16/h2-4,6-7,9-10H,5,12-13H2,1H3,(H,15,16)/b14-6+/t7?,9?,10-/m0/s1. The Balaban J connectivity index is 2.62. The number of hydrogen-bond donors (Lipinski definition) is 3. The number of carbonyl (C=O) groups is 1. The molecule has 0 aliphatic heterocycles. The van der Waals surface area contributed by atoms with E-state index in [0.717, 1.165) is 5.57 Å². The molecule has 5 nitrogen and oxygen atoms in total. The molecule has 5 heteroatoms. The highest BCUT2D eigenvalue weighted by molar-refractivity contribution is 5.82. The van der Waals surface area contributed by atoms with Crippen LogP contribution in [0, 0.1) is 11.8 Å². The number of nitrogens with two attached hydrogens (primary N) is 2. The summed E-state index contributed by atoms with van der Waals surface area (Å²) in [5, 5.41) is 12.2. The zero-order valence-electron chi connectivity index (χ0n) is 9.21. The van der Waals surface area contributed by atoms with Crippen LogP contribution in [0.1, 0.15) is 13.3 Å². The quantitative estimate of drug-likeness (QED) is 0.366. The zero-order valence-corrected chi connectivity index (χ0v) is 9.21. The lowest BCUT2D eigenvalue weighted by Gasteiger charge is -2.23. The Labute approximate surface area is 94.5 Å². The molecule has 16 heavy (non-hydrogen) atoms. The predicted octanol–water partition coefficient (Wildman–Crippen LogP) is 0.481. The number of carboxylic acids is 1. The van der Waals surface area contributed by atoms with Gasteiger partial charge < -0.3 is 16.7 Å². The van der Waals surface area contributed by atoms with E-state index in [0.29, 0.717) is 6.42 Å². The van der Waals surface area contributed by atoms with Crippen LogP contribution in [-0.4, -0.2) is 23.3 Å². The summed E-state index contributed by atoms with van der Waals surface area (Å²) in [6.07, 6.45) is 7.87. The molecule has 1 rings (SSSR count). The van der Waals surface area contributed by atoms with Gasteiger partial charge in [0.25, 0.3) is 0 Å². The van der Waals surface area contributed by atoms with Gasteiger partial charge >= 0.3 is 5.97 Å². The van der Waals surface area contributed by atoms with Crippen LogP contribution >= 0.6 is 0 Å². The fourth-order valence-electron chi connectivity index (χ4n) is 1.75. The molecule has 0 amide bonds. The molecular formula is C11H17N3O2. The summed E-state index contributed by atoms with van der Waals surface area (Å²) in [6, 6.07) is -0.810. The molecule has 1 aliphatic carbocycles. The SMILES string of the molecule is CC1C=C(/C=N/N)C=CC1C[C@H](N)C(=O)O. The topological polar surface area (TPSA) is 102 Å². The molecular weight excluding hydrogens is 206 g/mol. The Kier molecular flexibility index (Phi) is 4.25. The number of aliphatic carboxylic acids is 1. The van der Waals surface area contributed by atoms with E-state index in [1.807, 2.05) is 25.2 Å². The summed E-state index contributed by atoms with van der Waals surface area (Å²) in [5.74, 6) is 4.49. The Hall–Kier alpha value is -1.62. The van der Waals surface area contributed by atoms with E-state index in [2.05, 4.69) is 5.10 Å². The third-order valence-corrected chi connectivity index (χ3v) is 2.73. The molecule has 88 valence electrons. The third kappa shape index (κ3) is 3.20. The lowest BCUT2D eigenvalue weighted by Crippen LogP contribution is -2.33. The monoisotopic (exact) mass is 223 g/mol. The van der Waals surface area contributed by atoms with E-state index in [1.54, 1.807) is 6.21 Å². The maximum atomic E-state index is 10.6. The maximum absolute atomic E-state index is 10.6. The van der Waals surface area contributed by atoms with Crippen LogP contribution in [0.3, 0.4) is 0 Å². The number of allylic oxidation sites excluding steroid dienone is 4. The van der Waals surface area contributed by atoms with Crippen molar-refractivity contribution in [1.82, 2.24) is 0 Å². The first-order valence-corrected chi connectivity index (χ1v) is 5.16. The maximum Gasteiger partial charge on any atom is 0.320 e. The summed E-state index contributed by atoms with van der Waals surface area (Å²) < 4.78 is 0. The first kappa shape index (κ1) is 12.4. The Morgan fingerprint density at radius 3 is 2.94 bits per heavy atom. The first-order chi connectivity index (χ1) is 7.54. The van der Waals surface area contributed by atoms with Crippen molar-refractivity contribution >= 4 is 12.2 Å². The number of nitrogens with zero attached hydrogens (tertiary/aromatic N) is 1. The number of carboxylic acid groups (broad SMARTS) is 1. The fourth-order valence-corrected chi connectivity index (χ4v) is 1.75. The van der Waals surface area contributed by atoms with Gasteiger partial charge in [0.1, 0.15) is 6.04 Å². The van der Waals surface area contributed by atoms with Crippen LogP contribution < -0.4 is 11.6 Å². The van der Waals surface area contributed by atoms with Gasteiger partial charge in [-0.25, -0.2) is 0 Å². The minimum Gasteiger partial charge on any atom is -0.480 e. The van der Waals surface area contributed by atoms with Crippen molar-refractivity contribution in [3.05, 3.63) is 23.8 Å². The minimum absolute atomic E-state index is 0.154. The fraction of sp³-hybridized carbons (Fsp3) is 0.455. The smallest absolute Gasteiger partial charge is 0.320 e. The molecule has 1 aliphatic rings. The summed E-state index contributed by atoms with van der Waals surface area (Å²) in [5.41, 5.74) is 6.44. The van der Waals surface area contributed by atoms with Gasteiger partial charge in [0, 0.05) is 0 Å². The zero-order chi connectivity index (χ0) is 12.1. The molecule has 0 aromatic rings. The number of hydrazone groups is 1. The van der Waals surface area contributed by atoms with Crippen LogP contribution in [0.2, 0.25) is 0 Å². The van der Waals surface area contributed by atoms with Gasteiger partial charge in [0.15, 0.2) is 0 Å². The summed E-state index contributed by atoms with van der Waals surface area (Å²) in [6.45, 7) is 2.02. The van der Waals surface area contributed by atoms with E-state index >= 15 is 0 Å². The van der Waals surface area contributed by atoms with Gasteiger partial charge in [-0.2, -0.15) is 5.10 Å². The summed E-state index contributed by atoms with van der Waals surface area (Å²) >= 11 is 0. The van der Waals surface area contributed by atoms with Crippen molar-refractivity contribution in [2.45, 2.75) is 19.4 Å². The second-order valence-electron chi connectivity index (χ2n) is 4.01. The minimum atomic E-state index is -0.959. The van der Waals surface area contributed by atoms with E-state index in [4.69, 9.17) is 16.7 Å². The highest BCUT2D eigenvalue weighted by atomic mass is 16.4. The Morgan fingerprint density at radius 1 is 1.75 bits per heavy atom. The van der Waals surface area contributed by atoms with E-state index in [-0.39, 0.29) is 11.8 Å². The molecule has 0 heterocycles. The molecule has 0 saturated carbocycles. The summed E-state index contributed by atoms with van der Waals surface area (Å²) in [7, 11) is 0. The van der Waals surface area contributed by atoms with Crippen molar-refractivity contribution in [3.8, 4) is 0 Å². The Morgan fingerprint density at radius 2 is 2.44 bits per heavy atom. The second-order valence-corrected chi connectivity index (χ2v) is 4.01. The molecule has 3 atom stereocenters. The average molecular weight is 223 g/mol. The first-order valence-electron chi connectivity index (χ1n) is 5.16. The van der Waals surface area contributed by atoms with Crippen LogP contribution in [0.5, 0.6) is 0 Å². The third-order valence-electron chi connectivity index (χ3n) is 2.73. The molecule has 2 unspecified atom stereocenters. The number of hydrogen-bond acceptors (Lipinski definition) is 4. The van der Waals surface area contributed by atoms with Crippen molar-refractivity contribution in [1.29, 1.82) is 0 Å².